The first kappa shape index (κ1) is 31.0. The van der Waals surface area contributed by atoms with Crippen molar-refractivity contribution in [3.05, 3.63) is 12.2 Å². The Morgan fingerprint density at radius 3 is 1.66 bits per heavy atom. The topological polar surface area (TPSA) is 74.2 Å². The lowest BCUT2D eigenvalue weighted by atomic mass is 10.1. The first-order valence-electron chi connectivity index (χ1n) is 13.0. The van der Waals surface area contributed by atoms with Crippen LogP contribution in [0.4, 0.5) is 0 Å². The largest absolute Gasteiger partial charge is 0.463 e. The number of hydrogen-bond donors (Lipinski definition) is 1. The summed E-state index contributed by atoms with van der Waals surface area (Å²) >= 11 is 0. The van der Waals surface area contributed by atoms with Crippen LogP contribution in [0.3, 0.4) is 0 Å². The average Bonchev–Trinajstić information content (AvgIpc) is 2.80. The summed E-state index contributed by atoms with van der Waals surface area (Å²) in [5, 5.41) is 8.55. The third-order valence-corrected chi connectivity index (χ3v) is 5.11. The molecule has 0 heterocycles. The van der Waals surface area contributed by atoms with Crippen molar-refractivity contribution in [2.45, 2.75) is 96.8 Å². The Hall–Kier alpha value is -0.950. The number of rotatable bonds is 26. The van der Waals surface area contributed by atoms with Gasteiger partial charge in [-0.15, -0.1) is 0 Å². The molecule has 0 aliphatic heterocycles. The van der Waals surface area contributed by atoms with Crippen molar-refractivity contribution in [2.75, 3.05) is 52.9 Å². The number of aliphatic hydroxyl groups excluding tert-OH is 1. The molecule has 0 unspecified atom stereocenters. The predicted octanol–water partition coefficient (Wildman–Crippen LogP) is 5.61. The van der Waals surface area contributed by atoms with Gasteiger partial charge in [-0.05, 0) is 32.1 Å². The predicted molar refractivity (Wildman–Crippen MR) is 130 cm³/mol. The fraction of sp³-hybridized carbons (Fsp3) is 0.885. The summed E-state index contributed by atoms with van der Waals surface area (Å²) in [5.74, 6) is -0.136. The van der Waals surface area contributed by atoms with Crippen LogP contribution in [0.15, 0.2) is 12.2 Å². The molecule has 0 saturated heterocycles. The van der Waals surface area contributed by atoms with Gasteiger partial charge in [-0.25, -0.2) is 0 Å². The van der Waals surface area contributed by atoms with E-state index in [0.29, 0.717) is 52.7 Å². The van der Waals surface area contributed by atoms with Crippen molar-refractivity contribution in [3.8, 4) is 0 Å². The first-order valence-corrected chi connectivity index (χ1v) is 13.0. The fourth-order valence-electron chi connectivity index (χ4n) is 3.23. The van der Waals surface area contributed by atoms with E-state index in [1.54, 1.807) is 0 Å². The summed E-state index contributed by atoms with van der Waals surface area (Å²) < 4.78 is 20.9. The maximum absolute atomic E-state index is 11.7. The fourth-order valence-corrected chi connectivity index (χ4v) is 3.23. The van der Waals surface area contributed by atoms with Crippen LogP contribution in [-0.2, 0) is 23.7 Å². The molecule has 0 spiro atoms. The molecule has 0 fully saturated rings. The van der Waals surface area contributed by atoms with Gasteiger partial charge in [-0.1, -0.05) is 70.4 Å². The van der Waals surface area contributed by atoms with Crippen molar-refractivity contribution in [2.24, 2.45) is 0 Å². The molecular formula is C26H50O6. The zero-order valence-corrected chi connectivity index (χ0v) is 20.7. The maximum atomic E-state index is 11.7. The Balaban J connectivity index is 3.20. The van der Waals surface area contributed by atoms with Gasteiger partial charge in [0.05, 0.1) is 46.2 Å². The van der Waals surface area contributed by atoms with E-state index < -0.39 is 0 Å². The van der Waals surface area contributed by atoms with Crippen molar-refractivity contribution in [1.82, 2.24) is 0 Å². The third kappa shape index (κ3) is 27.1. The second-order valence-electron chi connectivity index (χ2n) is 8.12. The summed E-state index contributed by atoms with van der Waals surface area (Å²) in [6, 6.07) is 0. The summed E-state index contributed by atoms with van der Waals surface area (Å²) in [6.45, 7) is 5.20. The zero-order chi connectivity index (χ0) is 23.4. The summed E-state index contributed by atoms with van der Waals surface area (Å²) in [7, 11) is 0. The molecule has 0 aromatic heterocycles. The monoisotopic (exact) mass is 458 g/mol. The molecule has 190 valence electrons. The van der Waals surface area contributed by atoms with Gasteiger partial charge in [-0.3, -0.25) is 4.79 Å². The Kier molecular flexibility index (Phi) is 27.2. The van der Waals surface area contributed by atoms with Crippen molar-refractivity contribution in [1.29, 1.82) is 0 Å². The Labute approximate surface area is 197 Å². The Morgan fingerprint density at radius 2 is 1.09 bits per heavy atom. The summed E-state index contributed by atoms with van der Waals surface area (Å²) in [5.41, 5.74) is 0. The SMILES string of the molecule is CCCCCCCC/C=C/CCCCCCCC(=O)OCCOCCOCCOCCO. The smallest absolute Gasteiger partial charge is 0.305 e. The lowest BCUT2D eigenvalue weighted by molar-refractivity contribution is -0.145. The van der Waals surface area contributed by atoms with Crippen LogP contribution >= 0.6 is 0 Å². The zero-order valence-electron chi connectivity index (χ0n) is 20.7. The van der Waals surface area contributed by atoms with Crippen molar-refractivity contribution < 1.29 is 28.8 Å². The highest BCUT2D eigenvalue weighted by molar-refractivity contribution is 5.69. The van der Waals surface area contributed by atoms with E-state index in [-0.39, 0.29) is 12.6 Å². The quantitative estimate of drug-likeness (QED) is 0.103. The molecule has 0 rings (SSSR count). The lowest BCUT2D eigenvalue weighted by Crippen LogP contribution is -2.14. The Bertz CT molecular complexity index is 400. The van der Waals surface area contributed by atoms with Gasteiger partial charge in [0.1, 0.15) is 6.61 Å². The number of esters is 1. The van der Waals surface area contributed by atoms with Crippen molar-refractivity contribution in [3.63, 3.8) is 0 Å². The molecule has 0 radical (unpaired) electrons. The number of hydrogen-bond acceptors (Lipinski definition) is 6. The summed E-state index contributed by atoms with van der Waals surface area (Å²) in [4.78, 5) is 11.7. The van der Waals surface area contributed by atoms with E-state index in [2.05, 4.69) is 19.1 Å². The maximum Gasteiger partial charge on any atom is 0.305 e. The molecule has 0 amide bonds. The molecule has 0 aromatic carbocycles. The van der Waals surface area contributed by atoms with Crippen LogP contribution in [0.5, 0.6) is 0 Å². The van der Waals surface area contributed by atoms with Crippen LogP contribution < -0.4 is 0 Å². The molecule has 1 N–H and O–H groups in total. The molecule has 32 heavy (non-hydrogen) atoms. The third-order valence-electron chi connectivity index (χ3n) is 5.11. The van der Waals surface area contributed by atoms with Gasteiger partial charge in [0.25, 0.3) is 0 Å². The minimum atomic E-state index is -0.136. The van der Waals surface area contributed by atoms with Crippen LogP contribution in [0, 0.1) is 0 Å². The molecule has 0 aromatic rings. The minimum absolute atomic E-state index is 0.0269. The highest BCUT2D eigenvalue weighted by Crippen LogP contribution is 2.10. The first-order chi connectivity index (χ1) is 15.8. The highest BCUT2D eigenvalue weighted by Gasteiger charge is 2.02. The van der Waals surface area contributed by atoms with Gasteiger partial charge < -0.3 is 24.1 Å². The average molecular weight is 459 g/mol. The molecule has 0 saturated carbocycles. The number of unbranched alkanes of at least 4 members (excludes halogenated alkanes) is 11. The normalized spacial score (nSPS) is 11.4. The van der Waals surface area contributed by atoms with Crippen LogP contribution in [0.2, 0.25) is 0 Å². The molecule has 0 aliphatic carbocycles. The van der Waals surface area contributed by atoms with Crippen LogP contribution in [0.25, 0.3) is 0 Å². The molecule has 0 bridgehead atoms. The van der Waals surface area contributed by atoms with Gasteiger partial charge >= 0.3 is 5.97 Å². The molecular weight excluding hydrogens is 408 g/mol. The number of carbonyl (C=O) groups excluding carboxylic acids is 1. The lowest BCUT2D eigenvalue weighted by Gasteiger charge is -2.07. The van der Waals surface area contributed by atoms with Gasteiger partial charge in [-0.2, -0.15) is 0 Å². The van der Waals surface area contributed by atoms with Crippen LogP contribution in [-0.4, -0.2) is 63.9 Å². The standard InChI is InChI=1S/C26H50O6/c1-2-3-4-5-6-7-8-9-10-11-12-13-14-15-16-17-26(28)32-25-24-31-23-22-30-21-20-29-19-18-27/h9-10,27H,2-8,11-25H2,1H3/b10-9+. The highest BCUT2D eigenvalue weighted by atomic mass is 16.6. The van der Waals surface area contributed by atoms with E-state index in [9.17, 15) is 4.79 Å². The van der Waals surface area contributed by atoms with E-state index in [1.807, 2.05) is 0 Å². The van der Waals surface area contributed by atoms with Gasteiger partial charge in [0, 0.05) is 6.42 Å². The van der Waals surface area contributed by atoms with Crippen LogP contribution in [0.1, 0.15) is 96.8 Å². The van der Waals surface area contributed by atoms with Crippen molar-refractivity contribution >= 4 is 5.97 Å². The second-order valence-corrected chi connectivity index (χ2v) is 8.12. The van der Waals surface area contributed by atoms with E-state index in [1.165, 1.54) is 70.6 Å². The molecule has 0 atom stereocenters. The number of allylic oxidation sites excluding steroid dienone is 2. The van der Waals surface area contributed by atoms with E-state index >= 15 is 0 Å². The number of ether oxygens (including phenoxy) is 4. The minimum Gasteiger partial charge on any atom is -0.463 e. The molecule has 6 heteroatoms. The number of carbonyl (C=O) groups is 1. The molecule has 0 aliphatic rings. The Morgan fingerprint density at radius 1 is 0.625 bits per heavy atom. The van der Waals surface area contributed by atoms with Gasteiger partial charge in [0.2, 0.25) is 0 Å². The number of aliphatic hydroxyl groups is 1. The summed E-state index contributed by atoms with van der Waals surface area (Å²) in [6.07, 6.45) is 21.5. The van der Waals surface area contributed by atoms with E-state index in [0.717, 1.165) is 12.8 Å². The van der Waals surface area contributed by atoms with Gasteiger partial charge in [0.15, 0.2) is 0 Å². The molecule has 6 nitrogen and oxygen atoms in total. The second kappa shape index (κ2) is 28.1. The van der Waals surface area contributed by atoms with E-state index in [4.69, 9.17) is 24.1 Å².